The number of nitrogens with zero attached hydrogens (tertiary/aromatic N) is 3. The summed E-state index contributed by atoms with van der Waals surface area (Å²) in [4.78, 5) is 22.2. The van der Waals surface area contributed by atoms with E-state index < -0.39 is 0 Å². The molecule has 0 atom stereocenters. The van der Waals surface area contributed by atoms with E-state index in [4.69, 9.17) is 14.5 Å². The fourth-order valence-corrected chi connectivity index (χ4v) is 4.42. The SMILES string of the molecule is COc1ccc(C(=O)N(CCCN2CCOCC2)c2nc3ccccc3s2)cc1. The van der Waals surface area contributed by atoms with Gasteiger partial charge >= 0.3 is 0 Å². The second-order valence-corrected chi connectivity index (χ2v) is 7.97. The van der Waals surface area contributed by atoms with Crippen LogP contribution in [0, 0.1) is 0 Å². The van der Waals surface area contributed by atoms with Crippen molar-refractivity contribution < 1.29 is 14.3 Å². The Kier molecular flexibility index (Phi) is 6.39. The molecule has 1 saturated heterocycles. The van der Waals surface area contributed by atoms with E-state index in [0.717, 1.165) is 60.4 Å². The van der Waals surface area contributed by atoms with Crippen molar-refractivity contribution in [3.05, 3.63) is 54.1 Å². The summed E-state index contributed by atoms with van der Waals surface area (Å²) in [5.74, 6) is 0.703. The van der Waals surface area contributed by atoms with Crippen molar-refractivity contribution in [2.45, 2.75) is 6.42 Å². The highest BCUT2D eigenvalue weighted by Gasteiger charge is 2.22. The maximum Gasteiger partial charge on any atom is 0.260 e. The van der Waals surface area contributed by atoms with Crippen LogP contribution in [0.15, 0.2) is 48.5 Å². The lowest BCUT2D eigenvalue weighted by atomic mass is 10.2. The zero-order valence-electron chi connectivity index (χ0n) is 16.5. The highest BCUT2D eigenvalue weighted by molar-refractivity contribution is 7.22. The summed E-state index contributed by atoms with van der Waals surface area (Å²) in [7, 11) is 1.62. The van der Waals surface area contributed by atoms with Crippen LogP contribution >= 0.6 is 11.3 Å². The molecule has 1 fully saturated rings. The van der Waals surface area contributed by atoms with E-state index in [1.807, 2.05) is 53.4 Å². The molecule has 1 amide bonds. The Bertz CT molecular complexity index is 918. The molecule has 0 saturated carbocycles. The number of aromatic nitrogens is 1. The molecule has 0 bridgehead atoms. The van der Waals surface area contributed by atoms with E-state index in [0.29, 0.717) is 12.1 Å². The first kappa shape index (κ1) is 19.8. The zero-order chi connectivity index (χ0) is 20.1. The third-order valence-electron chi connectivity index (χ3n) is 5.06. The molecule has 7 heteroatoms. The van der Waals surface area contributed by atoms with E-state index in [9.17, 15) is 4.79 Å². The van der Waals surface area contributed by atoms with E-state index in [-0.39, 0.29) is 5.91 Å². The molecule has 1 aliphatic heterocycles. The Hall–Kier alpha value is -2.48. The molecule has 0 radical (unpaired) electrons. The van der Waals surface area contributed by atoms with Gasteiger partial charge in [0.15, 0.2) is 5.13 Å². The first-order valence-electron chi connectivity index (χ1n) is 9.86. The van der Waals surface area contributed by atoms with Crippen LogP contribution in [0.4, 0.5) is 5.13 Å². The first-order valence-corrected chi connectivity index (χ1v) is 10.7. The molecule has 0 spiro atoms. The lowest BCUT2D eigenvalue weighted by Gasteiger charge is -2.27. The van der Waals surface area contributed by atoms with E-state index in [1.54, 1.807) is 18.4 Å². The van der Waals surface area contributed by atoms with Crippen LogP contribution in [0.25, 0.3) is 10.2 Å². The van der Waals surface area contributed by atoms with Gasteiger partial charge in [-0.3, -0.25) is 14.6 Å². The second kappa shape index (κ2) is 9.35. The van der Waals surface area contributed by atoms with Gasteiger partial charge in [-0.25, -0.2) is 4.98 Å². The molecule has 0 N–H and O–H groups in total. The second-order valence-electron chi connectivity index (χ2n) is 6.96. The topological polar surface area (TPSA) is 54.9 Å². The highest BCUT2D eigenvalue weighted by Crippen LogP contribution is 2.30. The summed E-state index contributed by atoms with van der Waals surface area (Å²) in [6.07, 6.45) is 0.887. The standard InChI is InChI=1S/C22H25N3O3S/c1-27-18-9-7-17(8-10-18)21(26)25(12-4-11-24-13-15-28-16-14-24)22-23-19-5-2-3-6-20(19)29-22/h2-3,5-10H,4,11-16H2,1H3. The largest absolute Gasteiger partial charge is 0.497 e. The summed E-state index contributed by atoms with van der Waals surface area (Å²) in [6, 6.07) is 15.2. The average Bonchev–Trinajstić information content (AvgIpc) is 3.21. The lowest BCUT2D eigenvalue weighted by Crippen LogP contribution is -2.39. The molecule has 1 aliphatic rings. The number of methoxy groups -OCH3 is 1. The summed E-state index contributed by atoms with van der Waals surface area (Å²) in [5, 5.41) is 0.744. The molecule has 3 aromatic rings. The molecule has 2 heterocycles. The Balaban J connectivity index is 1.54. The normalized spacial score (nSPS) is 14.8. The quantitative estimate of drug-likeness (QED) is 0.594. The molecule has 0 unspecified atom stereocenters. The fraction of sp³-hybridized carbons (Fsp3) is 0.364. The van der Waals surface area contributed by atoms with Gasteiger partial charge in [0.2, 0.25) is 0 Å². The first-order chi connectivity index (χ1) is 14.2. The Labute approximate surface area is 174 Å². The maximum atomic E-state index is 13.3. The number of hydrogen-bond acceptors (Lipinski definition) is 6. The Morgan fingerprint density at radius 2 is 1.93 bits per heavy atom. The monoisotopic (exact) mass is 411 g/mol. The number of hydrogen-bond donors (Lipinski definition) is 0. The molecular weight excluding hydrogens is 386 g/mol. The van der Waals surface area contributed by atoms with Gasteiger partial charge in [0.25, 0.3) is 5.91 Å². The van der Waals surface area contributed by atoms with Crippen LogP contribution in [-0.2, 0) is 4.74 Å². The molecule has 29 heavy (non-hydrogen) atoms. The smallest absolute Gasteiger partial charge is 0.260 e. The van der Waals surface area contributed by atoms with Crippen LogP contribution < -0.4 is 9.64 Å². The number of carbonyl (C=O) groups excluding carboxylic acids is 1. The number of morpholine rings is 1. The number of fused-ring (bicyclic) bond motifs is 1. The number of anilines is 1. The summed E-state index contributed by atoms with van der Waals surface area (Å²) < 4.78 is 11.7. The number of amides is 1. The van der Waals surface area contributed by atoms with E-state index in [1.165, 1.54) is 0 Å². The number of para-hydroxylation sites is 1. The molecule has 0 aliphatic carbocycles. The minimum atomic E-state index is -0.0336. The minimum absolute atomic E-state index is 0.0336. The predicted molar refractivity (Wildman–Crippen MR) is 116 cm³/mol. The molecule has 152 valence electrons. The van der Waals surface area contributed by atoms with Crippen molar-refractivity contribution in [2.75, 3.05) is 51.4 Å². The number of rotatable bonds is 7. The van der Waals surface area contributed by atoms with Crippen molar-refractivity contribution >= 4 is 32.6 Å². The fourth-order valence-electron chi connectivity index (χ4n) is 3.43. The highest BCUT2D eigenvalue weighted by atomic mass is 32.1. The van der Waals surface area contributed by atoms with Crippen LogP contribution in [0.2, 0.25) is 0 Å². The zero-order valence-corrected chi connectivity index (χ0v) is 17.4. The van der Waals surface area contributed by atoms with Gasteiger partial charge in [-0.05, 0) is 42.8 Å². The van der Waals surface area contributed by atoms with Gasteiger partial charge in [-0.1, -0.05) is 23.5 Å². The summed E-state index contributed by atoms with van der Waals surface area (Å²) in [6.45, 7) is 5.04. The third kappa shape index (κ3) is 4.75. The van der Waals surface area contributed by atoms with Gasteiger partial charge in [-0.15, -0.1) is 0 Å². The van der Waals surface area contributed by atoms with Crippen molar-refractivity contribution in [3.8, 4) is 5.75 Å². The summed E-state index contributed by atoms with van der Waals surface area (Å²) >= 11 is 1.56. The van der Waals surface area contributed by atoms with Gasteiger partial charge in [0, 0.05) is 31.7 Å². The van der Waals surface area contributed by atoms with Crippen LogP contribution in [-0.4, -0.2) is 62.3 Å². The Morgan fingerprint density at radius 3 is 2.66 bits per heavy atom. The minimum Gasteiger partial charge on any atom is -0.497 e. The van der Waals surface area contributed by atoms with E-state index >= 15 is 0 Å². The average molecular weight is 412 g/mol. The van der Waals surface area contributed by atoms with Crippen molar-refractivity contribution in [3.63, 3.8) is 0 Å². The Morgan fingerprint density at radius 1 is 1.17 bits per heavy atom. The van der Waals surface area contributed by atoms with Crippen LogP contribution in [0.1, 0.15) is 16.8 Å². The number of benzene rings is 2. The number of ether oxygens (including phenoxy) is 2. The third-order valence-corrected chi connectivity index (χ3v) is 6.11. The lowest BCUT2D eigenvalue weighted by molar-refractivity contribution is 0.0376. The van der Waals surface area contributed by atoms with Crippen LogP contribution in [0.3, 0.4) is 0 Å². The summed E-state index contributed by atoms with van der Waals surface area (Å²) in [5.41, 5.74) is 1.56. The van der Waals surface area contributed by atoms with Gasteiger partial charge < -0.3 is 9.47 Å². The van der Waals surface area contributed by atoms with Crippen LogP contribution in [0.5, 0.6) is 5.75 Å². The maximum absolute atomic E-state index is 13.3. The molecule has 2 aromatic carbocycles. The number of carbonyl (C=O) groups is 1. The van der Waals surface area contributed by atoms with Crippen molar-refractivity contribution in [2.24, 2.45) is 0 Å². The molecule has 6 nitrogen and oxygen atoms in total. The van der Waals surface area contributed by atoms with Gasteiger partial charge in [0.1, 0.15) is 5.75 Å². The molecule has 1 aromatic heterocycles. The number of thiazole rings is 1. The van der Waals surface area contributed by atoms with E-state index in [2.05, 4.69) is 4.90 Å². The van der Waals surface area contributed by atoms with Crippen molar-refractivity contribution in [1.29, 1.82) is 0 Å². The predicted octanol–water partition coefficient (Wildman–Crippen LogP) is 3.67. The molecule has 4 rings (SSSR count). The van der Waals surface area contributed by atoms with Gasteiger partial charge in [0.05, 0.1) is 30.5 Å². The molecular formula is C22H25N3O3S. The van der Waals surface area contributed by atoms with Crippen molar-refractivity contribution in [1.82, 2.24) is 9.88 Å². The van der Waals surface area contributed by atoms with Gasteiger partial charge in [-0.2, -0.15) is 0 Å².